The quantitative estimate of drug-likeness (QED) is 0.0422. The van der Waals surface area contributed by atoms with Crippen LogP contribution in [0.1, 0.15) is 129 Å². The van der Waals surface area contributed by atoms with E-state index in [0.29, 0.717) is 36.4 Å². The molecule has 82 heavy (non-hydrogen) atoms. The first-order valence-electron chi connectivity index (χ1n) is 28.3. The monoisotopic (exact) mass is 1180 g/mol. The summed E-state index contributed by atoms with van der Waals surface area (Å²) in [6.45, 7) is 6.86. The number of hydrogen-bond donors (Lipinski definition) is 16. The number of unbranched alkanes of at least 4 members (excludes halogenated alkanes) is 5. The molecule has 1 aromatic rings. The number of benzene rings is 1. The lowest BCUT2D eigenvalue weighted by Crippen LogP contribution is -2.64. The molecule has 0 bridgehead atoms. The molecule has 16 atom stereocenters. The number of nitrogens with zero attached hydrogens (tertiary/aromatic N) is 2. The normalized spacial score (nSPS) is 27.5. The minimum atomic E-state index is -2.38. The van der Waals surface area contributed by atoms with E-state index in [2.05, 4.69) is 52.7 Å². The van der Waals surface area contributed by atoms with Gasteiger partial charge in [0.2, 0.25) is 53.2 Å². The van der Waals surface area contributed by atoms with Crippen LogP contribution in [-0.2, 0) is 43.2 Å². The number of primary amides is 1. The average molecular weight is 1180 g/mol. The first-order valence-corrected chi connectivity index (χ1v) is 29.4. The number of aromatic hydroxyl groups is 1. The molecule has 0 aromatic heterocycles. The fourth-order valence-electron chi connectivity index (χ4n) is 10.4. The molecule has 3 saturated heterocycles. The van der Waals surface area contributed by atoms with Crippen molar-refractivity contribution in [3.05, 3.63) is 29.8 Å². The number of carbonyl (C=O) groups excluding carboxylic acids is 9. The summed E-state index contributed by atoms with van der Waals surface area (Å²) < 4.78 is 0. The lowest BCUT2D eigenvalue weighted by atomic mass is 9.91. The van der Waals surface area contributed by atoms with Crippen LogP contribution < -0.4 is 43.4 Å². The Morgan fingerprint density at radius 1 is 0.744 bits per heavy atom. The first-order chi connectivity index (χ1) is 38.8. The maximum absolute atomic E-state index is 14.7. The van der Waals surface area contributed by atoms with Crippen molar-refractivity contribution in [1.29, 1.82) is 0 Å². The molecule has 462 valence electrons. The third-order valence-electron chi connectivity index (χ3n) is 15.1. The first kappa shape index (κ1) is 68.8. The topological polar surface area (TPSA) is 446 Å². The van der Waals surface area contributed by atoms with Gasteiger partial charge in [-0.2, -0.15) is 0 Å². The molecule has 0 aliphatic carbocycles. The summed E-state index contributed by atoms with van der Waals surface area (Å²) in [6.07, 6.45) is -7.72. The van der Waals surface area contributed by atoms with Gasteiger partial charge < -0.3 is 94.0 Å². The molecule has 28 heteroatoms. The number of fused-ring (bicyclic) bond motifs is 2. The van der Waals surface area contributed by atoms with Crippen LogP contribution in [0.2, 0.25) is 0 Å². The fourth-order valence-corrected chi connectivity index (χ4v) is 11.3. The molecule has 0 radical (unpaired) electrons. The second-order valence-electron chi connectivity index (χ2n) is 22.0. The number of phenols is 1. The Morgan fingerprint density at radius 3 is 2.00 bits per heavy atom. The molecule has 18 N–H and O–H groups in total. The summed E-state index contributed by atoms with van der Waals surface area (Å²) in [5.74, 6) is -9.51. The molecule has 3 heterocycles. The number of phenolic OH excluding ortho intramolecular Hbond substituents is 1. The Balaban J connectivity index is 1.78. The molecule has 4 rings (SSSR count). The van der Waals surface area contributed by atoms with Gasteiger partial charge in [-0.15, -0.1) is 11.8 Å². The van der Waals surface area contributed by atoms with Crippen molar-refractivity contribution >= 4 is 64.9 Å². The van der Waals surface area contributed by atoms with Crippen LogP contribution in [0.25, 0.3) is 0 Å². The number of hydrogen-bond acceptors (Lipinski definition) is 19. The minimum Gasteiger partial charge on any atom is -0.508 e. The van der Waals surface area contributed by atoms with Gasteiger partial charge in [0.15, 0.2) is 0 Å². The van der Waals surface area contributed by atoms with Gasteiger partial charge in [0.25, 0.3) is 0 Å². The van der Waals surface area contributed by atoms with Gasteiger partial charge in [-0.05, 0) is 55.7 Å². The third-order valence-corrected chi connectivity index (χ3v) is 16.4. The summed E-state index contributed by atoms with van der Waals surface area (Å²) in [6, 6.07) is -7.37. The predicted molar refractivity (Wildman–Crippen MR) is 298 cm³/mol. The van der Waals surface area contributed by atoms with E-state index in [9.17, 15) is 84.0 Å². The summed E-state index contributed by atoms with van der Waals surface area (Å²) in [5, 5.41) is 103. The van der Waals surface area contributed by atoms with Crippen molar-refractivity contribution in [2.75, 3.05) is 31.9 Å². The van der Waals surface area contributed by atoms with Crippen LogP contribution in [0.3, 0.4) is 0 Å². The zero-order chi connectivity index (χ0) is 61.0. The maximum Gasteiger partial charge on any atom is 0.248 e. The number of carbonyl (C=O) groups is 9. The second kappa shape index (κ2) is 33.5. The predicted octanol–water partition coefficient (Wildman–Crippen LogP) is -3.53. The Kier molecular flexibility index (Phi) is 28.1. The van der Waals surface area contributed by atoms with Crippen LogP contribution in [0, 0.1) is 11.8 Å². The zero-order valence-electron chi connectivity index (χ0n) is 47.2. The van der Waals surface area contributed by atoms with Crippen molar-refractivity contribution in [2.45, 2.75) is 202 Å². The zero-order valence-corrected chi connectivity index (χ0v) is 48.0. The number of nitrogens with one attached hydrogen (secondary N) is 6. The number of aliphatic hydroxyl groups is 7. The lowest BCUT2D eigenvalue weighted by molar-refractivity contribution is -0.148. The molecule has 3 fully saturated rings. The van der Waals surface area contributed by atoms with Crippen LogP contribution >= 0.6 is 11.8 Å². The molecule has 0 spiro atoms. The Labute approximate surface area is 481 Å². The van der Waals surface area contributed by atoms with E-state index >= 15 is 0 Å². The van der Waals surface area contributed by atoms with Crippen LogP contribution in [0.5, 0.6) is 5.75 Å². The Hall–Kier alpha value is -5.72. The molecule has 9 amide bonds. The van der Waals surface area contributed by atoms with Gasteiger partial charge >= 0.3 is 0 Å². The van der Waals surface area contributed by atoms with E-state index in [0.717, 1.165) is 79.5 Å². The third kappa shape index (κ3) is 20.6. The number of thioether (sulfide) groups is 1. The highest BCUT2D eigenvalue weighted by Crippen LogP contribution is 2.28. The van der Waals surface area contributed by atoms with E-state index in [4.69, 9.17) is 11.5 Å². The lowest BCUT2D eigenvalue weighted by Gasteiger charge is -2.34. The van der Waals surface area contributed by atoms with E-state index in [1.54, 1.807) is 0 Å². The second-order valence-corrected chi connectivity index (χ2v) is 23.1. The van der Waals surface area contributed by atoms with Gasteiger partial charge in [-0.1, -0.05) is 77.8 Å². The van der Waals surface area contributed by atoms with Crippen molar-refractivity contribution in [3.63, 3.8) is 0 Å². The number of amides is 9. The number of nitrogens with two attached hydrogens (primary N) is 2. The molecule has 1 aromatic carbocycles. The van der Waals surface area contributed by atoms with Crippen LogP contribution in [0.15, 0.2) is 24.3 Å². The number of aliphatic hydroxyl groups excluding tert-OH is 7. The average Bonchev–Trinajstić information content (AvgIpc) is 4.04. The highest BCUT2D eigenvalue weighted by Gasteiger charge is 2.49. The summed E-state index contributed by atoms with van der Waals surface area (Å²) >= 11 is 0.637. The fraction of sp³-hybridized carbons (Fsp3) is 0.722. The number of rotatable bonds is 25. The maximum atomic E-state index is 14.7. The molecule has 3 aliphatic heterocycles. The molecule has 3 aliphatic rings. The van der Waals surface area contributed by atoms with Gasteiger partial charge in [0.1, 0.15) is 59.6 Å². The summed E-state index contributed by atoms with van der Waals surface area (Å²) in [7, 11) is 0. The summed E-state index contributed by atoms with van der Waals surface area (Å²) in [5.41, 5.74) is 10.8. The van der Waals surface area contributed by atoms with Gasteiger partial charge in [0.05, 0.1) is 42.7 Å². The molecular weight excluding hydrogens is 1090 g/mol. The van der Waals surface area contributed by atoms with Crippen molar-refractivity contribution in [2.24, 2.45) is 23.3 Å². The van der Waals surface area contributed by atoms with Crippen LogP contribution in [0.4, 0.5) is 0 Å². The van der Waals surface area contributed by atoms with Crippen molar-refractivity contribution < 1.29 is 84.0 Å². The van der Waals surface area contributed by atoms with Crippen molar-refractivity contribution in [1.82, 2.24) is 41.7 Å². The molecule has 7 unspecified atom stereocenters. The van der Waals surface area contributed by atoms with Gasteiger partial charge in [-0.3, -0.25) is 43.2 Å². The smallest absolute Gasteiger partial charge is 0.248 e. The molecule has 0 saturated carbocycles. The highest BCUT2D eigenvalue weighted by atomic mass is 32.2. The van der Waals surface area contributed by atoms with Crippen molar-refractivity contribution in [3.8, 4) is 5.75 Å². The van der Waals surface area contributed by atoms with E-state index < -0.39 is 176 Å². The minimum absolute atomic E-state index is 0.0406. The van der Waals surface area contributed by atoms with E-state index in [-0.39, 0.29) is 37.2 Å². The SMILES string of the molecule is CCC(C)CC(C)CCCCCCCCC(=O)NC1C[C@@H](O)C(SCC(=O)NCCN)NC(=O)[C@@H]2[C@@H](O)CCN2C(=O)C([C@H](O)CC(N)=O)NC(=O)[C@H]([C@H](O)[C@@H](O)c2ccc(O)cc2)NC(=O)C2C[C@@H](O)CN2C(=O)C([C@@H](C)O)NC1=O. The Bertz CT molecular complexity index is 2310. The molecule has 27 nitrogen and oxygen atoms in total. The van der Waals surface area contributed by atoms with E-state index in [1.165, 1.54) is 6.42 Å². The largest absolute Gasteiger partial charge is 0.508 e. The Morgan fingerprint density at radius 2 is 1.37 bits per heavy atom. The standard InChI is InChI=1S/C54H88N10O17S/c1-5-28(2)22-29(3)12-10-8-6-7-9-11-13-40(72)58-34-24-38(70)52(82-27-41(73)57-20-19-55)62-51(79)45-36(68)18-21-63(45)54(81)43(37(69)25-39(56)71)60-50(78)44(47(75)46(74)31-14-16-32(66)17-15-31)61-49(77)35-23-33(67)26-64(35)53(80)42(30(4)65)59-48(34)76/h14-17,28-30,33-38,42-47,52,65-70,74-75H,5-13,18-27,55H2,1-4H3,(H2,56,71)(H,57,73)(H,58,72)(H,59,76)(H,60,78)(H,61,77)(H,62,79)/t28?,29?,30-,33-,34?,35?,36+,37-,38-,42?,43?,44+,45+,46+,47+,52?/m1/s1. The van der Waals surface area contributed by atoms with Gasteiger partial charge in [0, 0.05) is 45.4 Å². The van der Waals surface area contributed by atoms with E-state index in [1.807, 2.05) is 0 Å². The highest BCUT2D eigenvalue weighted by molar-refractivity contribution is 8.00. The van der Waals surface area contributed by atoms with Gasteiger partial charge in [-0.25, -0.2) is 0 Å². The summed E-state index contributed by atoms with van der Waals surface area (Å²) in [4.78, 5) is 128. The molecular formula is C54H88N10O17S. The van der Waals surface area contributed by atoms with Crippen LogP contribution in [-0.4, -0.2) is 214 Å².